The molecule has 3 nitrogen and oxygen atoms in total. The lowest BCUT2D eigenvalue weighted by Crippen LogP contribution is -2.16. The molecule has 120 valence electrons. The number of Topliss-reactive ketones (excluding diaryl/α,β-unsaturated/α-hetero) is 1. The van der Waals surface area contributed by atoms with Gasteiger partial charge in [-0.05, 0) is 22.9 Å². The number of carbonyl (C=O) groups is 2. The molecule has 0 N–H and O–H groups in total. The summed E-state index contributed by atoms with van der Waals surface area (Å²) < 4.78 is 31.8. The Morgan fingerprint density at radius 3 is 2.21 bits per heavy atom. The van der Waals surface area contributed by atoms with E-state index < -0.39 is 35.6 Å². The van der Waals surface area contributed by atoms with Gasteiger partial charge >= 0.3 is 5.97 Å². The zero-order chi connectivity index (χ0) is 17.1. The Labute approximate surface area is 136 Å². The van der Waals surface area contributed by atoms with Gasteiger partial charge in [0.25, 0.3) is 0 Å². The van der Waals surface area contributed by atoms with Crippen LogP contribution in [0, 0.1) is 11.6 Å². The SMILES string of the molecule is O=C(OCC(=O)c1cccc2ccccc12)c1c(F)cccc1F. The minimum absolute atomic E-state index is 0.384. The van der Waals surface area contributed by atoms with E-state index in [9.17, 15) is 18.4 Å². The summed E-state index contributed by atoms with van der Waals surface area (Å²) in [5.41, 5.74) is -0.418. The van der Waals surface area contributed by atoms with Gasteiger partial charge in [0, 0.05) is 5.56 Å². The highest BCUT2D eigenvalue weighted by Gasteiger charge is 2.20. The number of ketones is 1. The van der Waals surface area contributed by atoms with Crippen LogP contribution in [0.3, 0.4) is 0 Å². The van der Waals surface area contributed by atoms with Crippen molar-refractivity contribution < 1.29 is 23.1 Å². The fraction of sp³-hybridized carbons (Fsp3) is 0.0526. The van der Waals surface area contributed by atoms with E-state index in [4.69, 9.17) is 4.74 Å². The highest BCUT2D eigenvalue weighted by atomic mass is 19.1. The van der Waals surface area contributed by atoms with E-state index in [-0.39, 0.29) is 0 Å². The summed E-state index contributed by atoms with van der Waals surface area (Å²) in [6, 6.07) is 15.5. The van der Waals surface area contributed by atoms with E-state index in [1.54, 1.807) is 24.3 Å². The van der Waals surface area contributed by atoms with Crippen LogP contribution < -0.4 is 0 Å². The smallest absolute Gasteiger partial charge is 0.344 e. The average molecular weight is 326 g/mol. The average Bonchev–Trinajstić information content (AvgIpc) is 2.59. The van der Waals surface area contributed by atoms with Crippen LogP contribution in [0.1, 0.15) is 20.7 Å². The lowest BCUT2D eigenvalue weighted by Gasteiger charge is -2.08. The van der Waals surface area contributed by atoms with Gasteiger partial charge in [0.1, 0.15) is 17.2 Å². The Bertz CT molecular complexity index is 909. The molecular weight excluding hydrogens is 314 g/mol. The molecule has 0 heterocycles. The van der Waals surface area contributed by atoms with E-state index in [0.717, 1.165) is 29.0 Å². The molecule has 24 heavy (non-hydrogen) atoms. The summed E-state index contributed by atoms with van der Waals surface area (Å²) in [5, 5.41) is 1.59. The molecule has 0 aliphatic rings. The fourth-order valence-corrected chi connectivity index (χ4v) is 2.44. The number of hydrogen-bond donors (Lipinski definition) is 0. The van der Waals surface area contributed by atoms with Gasteiger partial charge in [-0.1, -0.05) is 48.5 Å². The van der Waals surface area contributed by atoms with Gasteiger partial charge in [0.05, 0.1) is 0 Å². The first kappa shape index (κ1) is 15.8. The van der Waals surface area contributed by atoms with Crippen molar-refractivity contribution in [1.29, 1.82) is 0 Å². The van der Waals surface area contributed by atoms with E-state index in [0.29, 0.717) is 5.56 Å². The number of esters is 1. The third-order valence-electron chi connectivity index (χ3n) is 3.59. The topological polar surface area (TPSA) is 43.4 Å². The van der Waals surface area contributed by atoms with Gasteiger partial charge in [0.2, 0.25) is 5.78 Å². The van der Waals surface area contributed by atoms with Crippen LogP contribution in [0.4, 0.5) is 8.78 Å². The Morgan fingerprint density at radius 1 is 0.833 bits per heavy atom. The standard InChI is InChI=1S/C19H12F2O3/c20-15-9-4-10-16(21)18(15)19(23)24-11-17(22)14-8-3-6-12-5-1-2-7-13(12)14/h1-10H,11H2. The third kappa shape index (κ3) is 3.01. The molecule has 0 amide bonds. The van der Waals surface area contributed by atoms with Crippen molar-refractivity contribution in [3.8, 4) is 0 Å². The van der Waals surface area contributed by atoms with Crippen molar-refractivity contribution in [2.75, 3.05) is 6.61 Å². The second kappa shape index (κ2) is 6.58. The van der Waals surface area contributed by atoms with Crippen LogP contribution in [-0.4, -0.2) is 18.4 Å². The fourth-order valence-electron chi connectivity index (χ4n) is 2.44. The van der Waals surface area contributed by atoms with Crippen molar-refractivity contribution >= 4 is 22.5 Å². The molecule has 0 saturated heterocycles. The molecule has 0 atom stereocenters. The van der Waals surface area contributed by atoms with E-state index in [1.165, 1.54) is 0 Å². The molecule has 0 aliphatic heterocycles. The van der Waals surface area contributed by atoms with Gasteiger partial charge in [-0.25, -0.2) is 13.6 Å². The van der Waals surface area contributed by atoms with Crippen LogP contribution >= 0.6 is 0 Å². The third-order valence-corrected chi connectivity index (χ3v) is 3.59. The molecule has 0 fully saturated rings. The molecule has 0 unspecified atom stereocenters. The second-order valence-corrected chi connectivity index (χ2v) is 5.12. The second-order valence-electron chi connectivity index (χ2n) is 5.12. The summed E-state index contributed by atoms with van der Waals surface area (Å²) in [4.78, 5) is 24.1. The van der Waals surface area contributed by atoms with Gasteiger partial charge in [-0.2, -0.15) is 0 Å². The monoisotopic (exact) mass is 326 g/mol. The van der Waals surface area contributed by atoms with Crippen molar-refractivity contribution in [3.63, 3.8) is 0 Å². The number of benzene rings is 3. The van der Waals surface area contributed by atoms with Crippen LogP contribution in [0.5, 0.6) is 0 Å². The first-order valence-electron chi connectivity index (χ1n) is 7.20. The summed E-state index contributed by atoms with van der Waals surface area (Å²) in [7, 11) is 0. The molecule has 0 aliphatic carbocycles. The minimum Gasteiger partial charge on any atom is -0.454 e. The predicted molar refractivity (Wildman–Crippen MR) is 84.9 cm³/mol. The maximum absolute atomic E-state index is 13.5. The van der Waals surface area contributed by atoms with Crippen molar-refractivity contribution in [2.24, 2.45) is 0 Å². The van der Waals surface area contributed by atoms with Gasteiger partial charge in [-0.3, -0.25) is 4.79 Å². The number of halogens is 2. The Balaban J connectivity index is 1.79. The van der Waals surface area contributed by atoms with Gasteiger partial charge in [-0.15, -0.1) is 0 Å². The summed E-state index contributed by atoms with van der Waals surface area (Å²) in [6.45, 7) is -0.597. The number of carbonyl (C=O) groups excluding carboxylic acids is 2. The van der Waals surface area contributed by atoms with E-state index in [1.807, 2.05) is 18.2 Å². The molecule has 3 aromatic rings. The molecule has 0 spiro atoms. The lowest BCUT2D eigenvalue weighted by atomic mass is 10.0. The molecule has 0 bridgehead atoms. The van der Waals surface area contributed by atoms with E-state index >= 15 is 0 Å². The molecule has 3 aromatic carbocycles. The highest BCUT2D eigenvalue weighted by molar-refractivity contribution is 6.09. The van der Waals surface area contributed by atoms with Gasteiger partial charge < -0.3 is 4.74 Å². The van der Waals surface area contributed by atoms with Crippen LogP contribution in [0.2, 0.25) is 0 Å². The number of hydrogen-bond acceptors (Lipinski definition) is 3. The zero-order valence-corrected chi connectivity index (χ0v) is 12.5. The summed E-state index contributed by atoms with van der Waals surface area (Å²) >= 11 is 0. The molecule has 0 saturated carbocycles. The first-order valence-corrected chi connectivity index (χ1v) is 7.20. The molecule has 0 aromatic heterocycles. The summed E-state index contributed by atoms with van der Waals surface area (Å²) in [5.74, 6) is -3.72. The molecular formula is C19H12F2O3. The summed E-state index contributed by atoms with van der Waals surface area (Å²) in [6.07, 6.45) is 0. The predicted octanol–water partition coefficient (Wildman–Crippen LogP) is 4.16. The maximum atomic E-state index is 13.5. The highest BCUT2D eigenvalue weighted by Crippen LogP contribution is 2.19. The Kier molecular flexibility index (Phi) is 4.33. The van der Waals surface area contributed by atoms with Crippen LogP contribution in [-0.2, 0) is 4.74 Å². The number of ether oxygens (including phenoxy) is 1. The first-order chi connectivity index (χ1) is 11.6. The molecule has 0 radical (unpaired) electrons. The number of rotatable bonds is 4. The Morgan fingerprint density at radius 2 is 1.46 bits per heavy atom. The van der Waals surface area contributed by atoms with Crippen LogP contribution in [0.15, 0.2) is 60.7 Å². The number of fused-ring (bicyclic) bond motifs is 1. The van der Waals surface area contributed by atoms with Crippen molar-refractivity contribution in [1.82, 2.24) is 0 Å². The quantitative estimate of drug-likeness (QED) is 0.534. The molecule has 5 heteroatoms. The Hall–Kier alpha value is -3.08. The largest absolute Gasteiger partial charge is 0.454 e. The normalized spacial score (nSPS) is 10.6. The lowest BCUT2D eigenvalue weighted by molar-refractivity contribution is 0.0465. The van der Waals surface area contributed by atoms with Crippen LogP contribution in [0.25, 0.3) is 10.8 Å². The van der Waals surface area contributed by atoms with E-state index in [2.05, 4.69) is 0 Å². The van der Waals surface area contributed by atoms with Gasteiger partial charge in [0.15, 0.2) is 6.61 Å². The van der Waals surface area contributed by atoms with Crippen molar-refractivity contribution in [2.45, 2.75) is 0 Å². The maximum Gasteiger partial charge on any atom is 0.344 e. The minimum atomic E-state index is -1.21. The zero-order valence-electron chi connectivity index (χ0n) is 12.5. The molecule has 3 rings (SSSR count). The van der Waals surface area contributed by atoms with Crippen molar-refractivity contribution in [3.05, 3.63) is 83.4 Å².